The molecule has 2 rings (SSSR count). The molecular weight excluding hydrogens is 528 g/mol. The summed E-state index contributed by atoms with van der Waals surface area (Å²) >= 11 is 1.21. The van der Waals surface area contributed by atoms with Gasteiger partial charge < -0.3 is 21.7 Å². The van der Waals surface area contributed by atoms with Crippen LogP contribution in [0.4, 0.5) is 5.13 Å². The first-order valence-electron chi connectivity index (χ1n) is 12.3. The van der Waals surface area contributed by atoms with Gasteiger partial charge in [-0.15, -0.1) is 11.3 Å². The van der Waals surface area contributed by atoms with Gasteiger partial charge in [0.1, 0.15) is 11.1 Å². The molecule has 0 unspecified atom stereocenters. The summed E-state index contributed by atoms with van der Waals surface area (Å²) in [4.78, 5) is 52.7. The number of hydroxylamine groups is 2. The lowest BCUT2D eigenvalue weighted by Gasteiger charge is -2.32. The fourth-order valence-corrected chi connectivity index (χ4v) is 4.50. The number of rotatable bonds is 16. The highest BCUT2D eigenvalue weighted by atomic mass is 32.1. The number of benzene rings is 1. The number of thiazole rings is 1. The van der Waals surface area contributed by atoms with Crippen LogP contribution in [0.15, 0.2) is 47.0 Å². The van der Waals surface area contributed by atoms with Gasteiger partial charge in [0.25, 0.3) is 5.96 Å². The van der Waals surface area contributed by atoms with Crippen LogP contribution in [0.3, 0.4) is 0 Å². The Morgan fingerprint density at radius 2 is 2.00 bits per heavy atom. The first-order chi connectivity index (χ1) is 18.6. The largest absolute Gasteiger partial charge is 0.365 e. The number of hydrogen-bond acceptors (Lipinski definition) is 8. The molecule has 0 aliphatic heterocycles. The Morgan fingerprint density at radius 1 is 1.28 bits per heavy atom. The number of nitrogens with two attached hydrogens (primary N) is 1. The molecule has 0 bridgehead atoms. The fraction of sp³-hybridized carbons (Fsp3) is 0.458. The third-order valence-electron chi connectivity index (χ3n) is 5.72. The van der Waals surface area contributed by atoms with Crippen LogP contribution >= 0.6 is 11.3 Å². The standard InChI is InChI=1S/C24H34N8O6S/c1-16(2)13-18(20(31(36)15-33)14-17-7-4-3-5-8-17)21(34)28-19(22(35)29-24-27-11-12-39-24)9-6-10-26-23(25)30-32(37)38/h3-5,7-8,11-12,15-16,18-20,36H,6,9-10,13-14H2,1-2H3,(H,28,34)(H3,25,26,30)(H,27,29,35)/t18-,19+,20+/m0/s1. The van der Waals surface area contributed by atoms with Crippen LogP contribution in [-0.2, 0) is 20.8 Å². The van der Waals surface area contributed by atoms with Crippen molar-refractivity contribution < 1.29 is 24.6 Å². The highest BCUT2D eigenvalue weighted by molar-refractivity contribution is 7.13. The predicted molar refractivity (Wildman–Crippen MR) is 145 cm³/mol. The van der Waals surface area contributed by atoms with E-state index in [9.17, 15) is 29.7 Å². The molecule has 3 amide bonds. The average Bonchev–Trinajstić information content (AvgIpc) is 3.40. The van der Waals surface area contributed by atoms with Crippen molar-refractivity contribution in [1.29, 1.82) is 0 Å². The summed E-state index contributed by atoms with van der Waals surface area (Å²) in [5.74, 6) is -2.20. The number of aromatic nitrogens is 1. The van der Waals surface area contributed by atoms with Crippen molar-refractivity contribution in [2.45, 2.75) is 51.6 Å². The summed E-state index contributed by atoms with van der Waals surface area (Å²) in [7, 11) is 0. The number of hydrazone groups is 1. The molecule has 1 heterocycles. The Morgan fingerprint density at radius 3 is 2.59 bits per heavy atom. The number of nitrogens with one attached hydrogen (secondary N) is 3. The number of anilines is 1. The molecule has 0 saturated heterocycles. The molecular formula is C24H34N8O6S. The van der Waals surface area contributed by atoms with E-state index in [-0.39, 0.29) is 37.7 Å². The van der Waals surface area contributed by atoms with E-state index in [1.165, 1.54) is 17.5 Å². The number of nitro groups is 1. The summed E-state index contributed by atoms with van der Waals surface area (Å²) < 4.78 is 0. The summed E-state index contributed by atoms with van der Waals surface area (Å²) in [5.41, 5.74) is 6.25. The molecule has 0 radical (unpaired) electrons. The van der Waals surface area contributed by atoms with Crippen LogP contribution < -0.4 is 21.7 Å². The van der Waals surface area contributed by atoms with Gasteiger partial charge in [-0.2, -0.15) is 0 Å². The molecule has 0 spiro atoms. The van der Waals surface area contributed by atoms with Crippen LogP contribution in [0.5, 0.6) is 0 Å². The second kappa shape index (κ2) is 16.0. The van der Waals surface area contributed by atoms with Crippen LogP contribution in [0.2, 0.25) is 0 Å². The van der Waals surface area contributed by atoms with Gasteiger partial charge in [0, 0.05) is 18.1 Å². The van der Waals surface area contributed by atoms with Gasteiger partial charge in [-0.3, -0.25) is 19.6 Å². The SMILES string of the molecule is CC(C)C[C@H](C(=O)N[C@H](CCCN/C(N)=N\[N+](=O)[O-])C(=O)Nc1nccs1)[C@@H](Cc1ccccc1)N(O)C=O. The fourth-order valence-electron chi connectivity index (χ4n) is 3.97. The number of carbonyl (C=O) groups is 3. The summed E-state index contributed by atoms with van der Waals surface area (Å²) in [5, 5.41) is 33.5. The zero-order valence-corrected chi connectivity index (χ0v) is 22.5. The van der Waals surface area contributed by atoms with Crippen LogP contribution in [0.1, 0.15) is 38.7 Å². The molecule has 39 heavy (non-hydrogen) atoms. The lowest BCUT2D eigenvalue weighted by Crippen LogP contribution is -2.52. The quantitative estimate of drug-likeness (QED) is 0.0382. The van der Waals surface area contributed by atoms with Crippen molar-refractivity contribution in [3.05, 3.63) is 57.6 Å². The molecule has 0 saturated carbocycles. The lowest BCUT2D eigenvalue weighted by atomic mass is 9.85. The first kappa shape index (κ1) is 31.1. The summed E-state index contributed by atoms with van der Waals surface area (Å²) in [6.45, 7) is 3.98. The van der Waals surface area contributed by atoms with Crippen LogP contribution in [-0.4, -0.2) is 63.1 Å². The van der Waals surface area contributed by atoms with Crippen molar-refractivity contribution in [3.63, 3.8) is 0 Å². The molecule has 0 fully saturated rings. The molecule has 2 aromatic rings. The van der Waals surface area contributed by atoms with Crippen LogP contribution in [0, 0.1) is 22.0 Å². The van der Waals surface area contributed by atoms with E-state index >= 15 is 0 Å². The normalized spacial score (nSPS) is 13.7. The zero-order chi connectivity index (χ0) is 28.8. The van der Waals surface area contributed by atoms with E-state index in [1.54, 1.807) is 5.38 Å². The Hall–Kier alpha value is -4.11. The van der Waals surface area contributed by atoms with Gasteiger partial charge in [0.05, 0.1) is 12.0 Å². The summed E-state index contributed by atoms with van der Waals surface area (Å²) in [6.07, 6.45) is 2.80. The van der Waals surface area contributed by atoms with Gasteiger partial charge in [0.2, 0.25) is 18.2 Å². The van der Waals surface area contributed by atoms with Gasteiger partial charge in [-0.05, 0) is 37.2 Å². The number of amides is 3. The molecule has 14 nitrogen and oxygen atoms in total. The number of guanidine groups is 1. The highest BCUT2D eigenvalue weighted by Crippen LogP contribution is 2.23. The van der Waals surface area contributed by atoms with E-state index in [4.69, 9.17) is 5.73 Å². The molecule has 3 atom stereocenters. The minimum atomic E-state index is -1.01. The zero-order valence-electron chi connectivity index (χ0n) is 21.7. The maximum atomic E-state index is 13.6. The number of carbonyl (C=O) groups excluding carboxylic acids is 3. The molecule has 212 valence electrons. The van der Waals surface area contributed by atoms with E-state index < -0.39 is 34.8 Å². The second-order valence-electron chi connectivity index (χ2n) is 9.16. The molecule has 0 aliphatic carbocycles. The van der Waals surface area contributed by atoms with Crippen molar-refractivity contribution in [1.82, 2.24) is 20.7 Å². The van der Waals surface area contributed by atoms with Gasteiger partial charge in [-0.25, -0.2) is 20.2 Å². The average molecular weight is 563 g/mol. The molecule has 0 aliphatic rings. The minimum Gasteiger partial charge on any atom is -0.365 e. The predicted octanol–water partition coefficient (Wildman–Crippen LogP) is 1.56. The second-order valence-corrected chi connectivity index (χ2v) is 10.1. The van der Waals surface area contributed by atoms with Crippen LogP contribution in [0.25, 0.3) is 0 Å². The highest BCUT2D eigenvalue weighted by Gasteiger charge is 2.35. The Labute approximate surface area is 229 Å². The van der Waals surface area contributed by atoms with Gasteiger partial charge >= 0.3 is 0 Å². The smallest absolute Gasteiger partial charge is 0.266 e. The first-order valence-corrected chi connectivity index (χ1v) is 13.2. The van der Waals surface area contributed by atoms with Crippen molar-refractivity contribution in [3.8, 4) is 0 Å². The number of nitrogens with zero attached hydrogens (tertiary/aromatic N) is 4. The van der Waals surface area contributed by atoms with Gasteiger partial charge in [-0.1, -0.05) is 44.2 Å². The lowest BCUT2D eigenvalue weighted by molar-refractivity contribution is -0.485. The van der Waals surface area contributed by atoms with Crippen molar-refractivity contribution in [2.75, 3.05) is 11.9 Å². The Bertz CT molecular complexity index is 1100. The van der Waals surface area contributed by atoms with Crippen molar-refractivity contribution >= 4 is 40.7 Å². The minimum absolute atomic E-state index is 0.0368. The van der Waals surface area contributed by atoms with E-state index in [0.717, 1.165) is 5.56 Å². The third kappa shape index (κ3) is 11.0. The Balaban J connectivity index is 2.23. The van der Waals surface area contributed by atoms with E-state index in [1.807, 2.05) is 44.2 Å². The van der Waals surface area contributed by atoms with E-state index in [0.29, 0.717) is 23.0 Å². The van der Waals surface area contributed by atoms with Crippen molar-refractivity contribution in [2.24, 2.45) is 22.7 Å². The van der Waals surface area contributed by atoms with Gasteiger partial charge in [0.15, 0.2) is 10.2 Å². The maximum absolute atomic E-state index is 13.6. The molecule has 15 heteroatoms. The molecule has 1 aromatic carbocycles. The molecule has 6 N–H and O–H groups in total. The number of hydrogen-bond donors (Lipinski definition) is 5. The monoisotopic (exact) mass is 562 g/mol. The topological polar surface area (TPSA) is 205 Å². The Kier molecular flexibility index (Phi) is 12.8. The third-order valence-corrected chi connectivity index (χ3v) is 6.41. The molecule has 1 aromatic heterocycles. The summed E-state index contributed by atoms with van der Waals surface area (Å²) in [6, 6.07) is 7.26. The van der Waals surface area contributed by atoms with E-state index in [2.05, 4.69) is 26.0 Å². The maximum Gasteiger partial charge on any atom is 0.266 e.